The molecule has 0 saturated heterocycles. The minimum atomic E-state index is 0.487. The standard InChI is InChI=1S/C12H13N5/c1-7-5-14-11(15-6-7)12-16-9(8-2-3-8)4-10(13)17-12/h4-6,8H,2-3H2,1H3,(H2,13,16,17). The van der Waals surface area contributed by atoms with E-state index < -0.39 is 0 Å². The maximum atomic E-state index is 5.79. The summed E-state index contributed by atoms with van der Waals surface area (Å²) in [6.07, 6.45) is 5.88. The molecule has 1 aliphatic carbocycles. The van der Waals surface area contributed by atoms with Crippen molar-refractivity contribution in [2.24, 2.45) is 0 Å². The average Bonchev–Trinajstić information content (AvgIpc) is 3.13. The summed E-state index contributed by atoms with van der Waals surface area (Å²) in [5.74, 6) is 2.09. The molecule has 0 atom stereocenters. The second kappa shape index (κ2) is 3.76. The molecule has 2 N–H and O–H groups in total. The van der Waals surface area contributed by atoms with E-state index in [0.29, 0.717) is 23.4 Å². The molecule has 17 heavy (non-hydrogen) atoms. The van der Waals surface area contributed by atoms with E-state index in [4.69, 9.17) is 5.73 Å². The first-order valence-corrected chi connectivity index (χ1v) is 5.66. The monoisotopic (exact) mass is 227 g/mol. The Bertz CT molecular complexity index is 545. The number of nitrogens with zero attached hydrogens (tertiary/aromatic N) is 4. The van der Waals surface area contributed by atoms with Crippen molar-refractivity contribution in [2.75, 3.05) is 5.73 Å². The lowest BCUT2D eigenvalue weighted by Gasteiger charge is -2.03. The Morgan fingerprint density at radius 2 is 1.82 bits per heavy atom. The molecule has 0 amide bonds. The zero-order valence-corrected chi connectivity index (χ0v) is 9.59. The van der Waals surface area contributed by atoms with Crippen LogP contribution in [0.25, 0.3) is 11.6 Å². The van der Waals surface area contributed by atoms with Gasteiger partial charge in [-0.1, -0.05) is 0 Å². The van der Waals surface area contributed by atoms with Crippen molar-refractivity contribution >= 4 is 5.82 Å². The van der Waals surface area contributed by atoms with Crippen molar-refractivity contribution in [3.05, 3.63) is 29.7 Å². The van der Waals surface area contributed by atoms with Gasteiger partial charge in [-0.15, -0.1) is 0 Å². The minimum absolute atomic E-state index is 0.487. The van der Waals surface area contributed by atoms with Gasteiger partial charge in [0.1, 0.15) is 5.82 Å². The van der Waals surface area contributed by atoms with Crippen LogP contribution in [0.3, 0.4) is 0 Å². The second-order valence-corrected chi connectivity index (χ2v) is 4.40. The summed E-state index contributed by atoms with van der Waals surface area (Å²) in [6.45, 7) is 1.94. The normalized spacial score (nSPS) is 14.9. The van der Waals surface area contributed by atoms with E-state index in [2.05, 4.69) is 19.9 Å². The molecule has 0 bridgehead atoms. The van der Waals surface area contributed by atoms with Gasteiger partial charge in [-0.25, -0.2) is 19.9 Å². The Morgan fingerprint density at radius 3 is 2.47 bits per heavy atom. The highest BCUT2D eigenvalue weighted by Gasteiger charge is 2.26. The Labute approximate surface area is 99.2 Å². The van der Waals surface area contributed by atoms with Gasteiger partial charge in [0.15, 0.2) is 11.6 Å². The van der Waals surface area contributed by atoms with Crippen LogP contribution in [0.2, 0.25) is 0 Å². The van der Waals surface area contributed by atoms with Crippen molar-refractivity contribution in [3.63, 3.8) is 0 Å². The summed E-state index contributed by atoms with van der Waals surface area (Å²) in [6, 6.07) is 1.84. The van der Waals surface area contributed by atoms with Crippen LogP contribution in [-0.2, 0) is 0 Å². The minimum Gasteiger partial charge on any atom is -0.384 e. The predicted molar refractivity (Wildman–Crippen MR) is 64.2 cm³/mol. The van der Waals surface area contributed by atoms with Crippen molar-refractivity contribution < 1.29 is 0 Å². The van der Waals surface area contributed by atoms with Crippen LogP contribution >= 0.6 is 0 Å². The smallest absolute Gasteiger partial charge is 0.199 e. The van der Waals surface area contributed by atoms with E-state index in [1.165, 1.54) is 12.8 Å². The molecule has 0 aromatic carbocycles. The zero-order chi connectivity index (χ0) is 11.8. The van der Waals surface area contributed by atoms with Crippen LogP contribution in [0.15, 0.2) is 18.5 Å². The van der Waals surface area contributed by atoms with Crippen LogP contribution < -0.4 is 5.73 Å². The van der Waals surface area contributed by atoms with E-state index in [0.717, 1.165) is 11.3 Å². The first-order chi connectivity index (χ1) is 8.22. The average molecular weight is 227 g/mol. The van der Waals surface area contributed by atoms with Crippen molar-refractivity contribution in [1.29, 1.82) is 0 Å². The molecule has 0 spiro atoms. The summed E-state index contributed by atoms with van der Waals surface area (Å²) < 4.78 is 0. The van der Waals surface area contributed by atoms with Crippen LogP contribution in [0, 0.1) is 6.92 Å². The number of nitrogens with two attached hydrogens (primary N) is 1. The third-order valence-corrected chi connectivity index (χ3v) is 2.74. The number of hydrogen-bond acceptors (Lipinski definition) is 5. The summed E-state index contributed by atoms with van der Waals surface area (Å²) in [7, 11) is 0. The lowest BCUT2D eigenvalue weighted by molar-refractivity contribution is 0.976. The summed E-state index contributed by atoms with van der Waals surface area (Å²) >= 11 is 0. The predicted octanol–water partition coefficient (Wildman–Crippen LogP) is 1.70. The number of hydrogen-bond donors (Lipinski definition) is 1. The molecule has 2 heterocycles. The molecule has 2 aromatic rings. The fourth-order valence-electron chi connectivity index (χ4n) is 1.68. The first-order valence-electron chi connectivity index (χ1n) is 5.66. The van der Waals surface area contributed by atoms with Gasteiger partial charge in [-0.2, -0.15) is 0 Å². The Balaban J connectivity index is 2.04. The number of aromatic nitrogens is 4. The van der Waals surface area contributed by atoms with Gasteiger partial charge >= 0.3 is 0 Å². The van der Waals surface area contributed by atoms with Gasteiger partial charge in [0.05, 0.1) is 0 Å². The maximum Gasteiger partial charge on any atom is 0.199 e. The fraction of sp³-hybridized carbons (Fsp3) is 0.333. The fourth-order valence-corrected chi connectivity index (χ4v) is 1.68. The van der Waals surface area contributed by atoms with E-state index in [1.807, 2.05) is 13.0 Å². The first kappa shape index (κ1) is 10.1. The van der Waals surface area contributed by atoms with E-state index >= 15 is 0 Å². The molecule has 1 aliphatic rings. The number of nitrogen functional groups attached to an aromatic ring is 1. The second-order valence-electron chi connectivity index (χ2n) is 4.40. The Hall–Kier alpha value is -2.04. The molecule has 1 fully saturated rings. The topological polar surface area (TPSA) is 77.6 Å². The molecule has 5 heteroatoms. The molecule has 0 unspecified atom stereocenters. The van der Waals surface area contributed by atoms with Crippen molar-refractivity contribution in [3.8, 4) is 11.6 Å². The van der Waals surface area contributed by atoms with Gasteiger partial charge in [-0.3, -0.25) is 0 Å². The Kier molecular flexibility index (Phi) is 2.24. The van der Waals surface area contributed by atoms with Crippen LogP contribution in [0.4, 0.5) is 5.82 Å². The Morgan fingerprint density at radius 1 is 1.12 bits per heavy atom. The van der Waals surface area contributed by atoms with Crippen molar-refractivity contribution in [1.82, 2.24) is 19.9 Å². The third kappa shape index (κ3) is 2.08. The van der Waals surface area contributed by atoms with E-state index in [-0.39, 0.29) is 0 Å². The quantitative estimate of drug-likeness (QED) is 0.844. The number of aryl methyl sites for hydroxylation is 1. The maximum absolute atomic E-state index is 5.79. The van der Waals surface area contributed by atoms with Gasteiger partial charge in [0.25, 0.3) is 0 Å². The SMILES string of the molecule is Cc1cnc(-c2nc(N)cc(C3CC3)n2)nc1. The molecule has 0 aliphatic heterocycles. The largest absolute Gasteiger partial charge is 0.384 e. The highest BCUT2D eigenvalue weighted by Crippen LogP contribution is 2.39. The van der Waals surface area contributed by atoms with Gasteiger partial charge in [0.2, 0.25) is 0 Å². The number of anilines is 1. The summed E-state index contributed by atoms with van der Waals surface area (Å²) in [5.41, 5.74) is 7.81. The van der Waals surface area contributed by atoms with Gasteiger partial charge in [0, 0.05) is 30.1 Å². The molecular formula is C12H13N5. The lowest BCUT2D eigenvalue weighted by atomic mass is 10.2. The molecule has 86 valence electrons. The molecule has 2 aromatic heterocycles. The summed E-state index contributed by atoms with van der Waals surface area (Å²) in [5, 5.41) is 0. The van der Waals surface area contributed by atoms with Gasteiger partial charge in [-0.05, 0) is 25.3 Å². The highest BCUT2D eigenvalue weighted by molar-refractivity contribution is 5.48. The van der Waals surface area contributed by atoms with Gasteiger partial charge < -0.3 is 5.73 Å². The van der Waals surface area contributed by atoms with E-state index in [9.17, 15) is 0 Å². The highest BCUT2D eigenvalue weighted by atomic mass is 15.0. The molecule has 0 radical (unpaired) electrons. The van der Waals surface area contributed by atoms with Crippen molar-refractivity contribution in [2.45, 2.75) is 25.7 Å². The van der Waals surface area contributed by atoms with E-state index in [1.54, 1.807) is 12.4 Å². The number of rotatable bonds is 2. The lowest BCUT2D eigenvalue weighted by Crippen LogP contribution is -2.02. The zero-order valence-electron chi connectivity index (χ0n) is 9.59. The third-order valence-electron chi connectivity index (χ3n) is 2.74. The van der Waals surface area contributed by atoms with Crippen LogP contribution in [0.5, 0.6) is 0 Å². The molecular weight excluding hydrogens is 214 g/mol. The molecule has 3 rings (SSSR count). The van der Waals surface area contributed by atoms with Crippen LogP contribution in [0.1, 0.15) is 30.0 Å². The molecule has 1 saturated carbocycles. The summed E-state index contributed by atoms with van der Waals surface area (Å²) in [4.78, 5) is 17.1. The van der Waals surface area contributed by atoms with Crippen LogP contribution in [-0.4, -0.2) is 19.9 Å². The molecule has 5 nitrogen and oxygen atoms in total.